The molecule has 0 bridgehead atoms. The molecular weight excluding hydrogens is 571 g/mol. The van der Waals surface area contributed by atoms with Gasteiger partial charge < -0.3 is 18.9 Å². The number of nitrogens with zero attached hydrogens (tertiary/aromatic N) is 1. The van der Waals surface area contributed by atoms with E-state index < -0.39 is 5.97 Å². The van der Waals surface area contributed by atoms with Crippen LogP contribution in [0.1, 0.15) is 22.8 Å². The topological polar surface area (TPSA) is 95.5 Å². The Morgan fingerprint density at radius 1 is 1.13 bits per heavy atom. The van der Waals surface area contributed by atoms with E-state index in [0.717, 1.165) is 3.57 Å². The van der Waals surface area contributed by atoms with E-state index in [1.807, 2.05) is 0 Å². The molecule has 0 aliphatic heterocycles. The highest BCUT2D eigenvalue weighted by atomic mass is 127. The summed E-state index contributed by atoms with van der Waals surface area (Å²) in [4.78, 5) is 23.8. The van der Waals surface area contributed by atoms with Crippen molar-refractivity contribution in [1.29, 1.82) is 0 Å². The second-order valence-electron chi connectivity index (χ2n) is 5.67. The molecule has 2 aromatic carbocycles. The summed E-state index contributed by atoms with van der Waals surface area (Å²) in [7, 11) is 3.02. The minimum Gasteiger partial charge on any atom is -0.496 e. The zero-order valence-corrected chi connectivity index (χ0v) is 20.3. The molecule has 1 N–H and O–H groups in total. The second kappa shape index (κ2) is 11.7. The van der Waals surface area contributed by atoms with Gasteiger partial charge in [-0.05, 0) is 75.8 Å². The molecule has 0 spiro atoms. The largest absolute Gasteiger partial charge is 0.496 e. The van der Waals surface area contributed by atoms with Crippen molar-refractivity contribution in [2.24, 2.45) is 5.10 Å². The minimum atomic E-state index is -0.476. The minimum absolute atomic E-state index is 0.236. The number of benzene rings is 2. The van der Waals surface area contributed by atoms with Crippen LogP contribution in [0.3, 0.4) is 0 Å². The Morgan fingerprint density at radius 2 is 1.87 bits per heavy atom. The van der Waals surface area contributed by atoms with Crippen molar-refractivity contribution in [3.05, 3.63) is 49.5 Å². The molecule has 2 rings (SSSR count). The van der Waals surface area contributed by atoms with Gasteiger partial charge in [-0.3, -0.25) is 4.79 Å². The lowest BCUT2D eigenvalue weighted by Gasteiger charge is -2.12. The summed E-state index contributed by atoms with van der Waals surface area (Å²) in [6.07, 6.45) is 1.46. The predicted octanol–water partition coefficient (Wildman–Crippen LogP) is 3.78. The number of hydrogen-bond donors (Lipinski definition) is 1. The Hall–Kier alpha value is -2.34. The molecule has 0 atom stereocenters. The van der Waals surface area contributed by atoms with Crippen LogP contribution in [0.15, 0.2) is 39.9 Å². The molecule has 0 aromatic heterocycles. The number of ether oxygens (including phenoxy) is 4. The first-order valence-corrected chi connectivity index (χ1v) is 10.6. The summed E-state index contributed by atoms with van der Waals surface area (Å²) in [5.41, 5.74) is 3.53. The van der Waals surface area contributed by atoms with E-state index in [9.17, 15) is 9.59 Å². The summed E-state index contributed by atoms with van der Waals surface area (Å²) in [6, 6.07) is 8.42. The number of hydrogen-bond acceptors (Lipinski definition) is 7. The van der Waals surface area contributed by atoms with Crippen molar-refractivity contribution in [3.8, 4) is 17.2 Å². The van der Waals surface area contributed by atoms with Gasteiger partial charge in [-0.2, -0.15) is 5.10 Å². The maximum atomic E-state index is 12.3. The normalized spacial score (nSPS) is 10.6. The monoisotopic (exact) mass is 590 g/mol. The summed E-state index contributed by atoms with van der Waals surface area (Å²) >= 11 is 5.54. The van der Waals surface area contributed by atoms with E-state index in [4.69, 9.17) is 18.9 Å². The molecule has 1 amide bonds. The Balaban J connectivity index is 2.09. The lowest BCUT2D eigenvalue weighted by Crippen LogP contribution is -2.17. The van der Waals surface area contributed by atoms with Crippen LogP contribution >= 0.6 is 38.5 Å². The number of rotatable bonds is 9. The van der Waals surface area contributed by atoms with Gasteiger partial charge in [0.2, 0.25) is 0 Å². The number of carbonyl (C=O) groups is 2. The third kappa shape index (κ3) is 6.59. The van der Waals surface area contributed by atoms with Crippen LogP contribution in [0, 0.1) is 3.57 Å². The summed E-state index contributed by atoms with van der Waals surface area (Å²) in [5, 5.41) is 3.99. The van der Waals surface area contributed by atoms with Crippen LogP contribution in [0.2, 0.25) is 0 Å². The molecular formula is C20H20BrIN2O6. The van der Waals surface area contributed by atoms with Crippen molar-refractivity contribution >= 4 is 56.6 Å². The van der Waals surface area contributed by atoms with Gasteiger partial charge >= 0.3 is 5.97 Å². The third-order valence-corrected chi connectivity index (χ3v) is 5.29. The summed E-state index contributed by atoms with van der Waals surface area (Å²) in [6.45, 7) is 1.76. The van der Waals surface area contributed by atoms with Crippen LogP contribution in [0.5, 0.6) is 17.2 Å². The maximum absolute atomic E-state index is 12.3. The lowest BCUT2D eigenvalue weighted by molar-refractivity contribution is -0.145. The first kappa shape index (κ1) is 23.9. The molecule has 0 saturated heterocycles. The Labute approximate surface area is 196 Å². The Kier molecular flexibility index (Phi) is 9.37. The fourth-order valence-electron chi connectivity index (χ4n) is 2.29. The van der Waals surface area contributed by atoms with Crippen LogP contribution in [-0.2, 0) is 9.53 Å². The first-order chi connectivity index (χ1) is 14.4. The number of esters is 1. The zero-order chi connectivity index (χ0) is 22.1. The fraction of sp³-hybridized carbons (Fsp3) is 0.250. The van der Waals surface area contributed by atoms with Gasteiger partial charge in [-0.1, -0.05) is 0 Å². The highest BCUT2D eigenvalue weighted by molar-refractivity contribution is 14.1. The SMILES string of the molecule is CCOC(=O)COc1cc(Br)c(/C=N\NC(=O)c2ccc(I)c(OC)c2)cc1OC. The average molecular weight is 591 g/mol. The van der Waals surface area contributed by atoms with Crippen molar-refractivity contribution in [3.63, 3.8) is 0 Å². The van der Waals surface area contributed by atoms with Crippen molar-refractivity contribution < 1.29 is 28.5 Å². The van der Waals surface area contributed by atoms with Crippen LogP contribution in [0.4, 0.5) is 0 Å². The van der Waals surface area contributed by atoms with Gasteiger partial charge in [0.25, 0.3) is 5.91 Å². The van der Waals surface area contributed by atoms with E-state index in [0.29, 0.717) is 32.8 Å². The lowest BCUT2D eigenvalue weighted by atomic mass is 10.2. The van der Waals surface area contributed by atoms with Gasteiger partial charge in [0.15, 0.2) is 18.1 Å². The average Bonchev–Trinajstić information content (AvgIpc) is 2.73. The van der Waals surface area contributed by atoms with Gasteiger partial charge in [0.1, 0.15) is 5.75 Å². The van der Waals surface area contributed by atoms with E-state index in [1.54, 1.807) is 44.4 Å². The molecule has 0 aliphatic rings. The van der Waals surface area contributed by atoms with Crippen molar-refractivity contribution in [2.45, 2.75) is 6.92 Å². The molecule has 2 aromatic rings. The Morgan fingerprint density at radius 3 is 2.53 bits per heavy atom. The smallest absolute Gasteiger partial charge is 0.344 e. The molecule has 8 nitrogen and oxygen atoms in total. The number of hydrazone groups is 1. The van der Waals surface area contributed by atoms with Gasteiger partial charge in [0, 0.05) is 15.6 Å². The number of carbonyl (C=O) groups excluding carboxylic acids is 2. The standard InChI is InChI=1S/C20H20BrIN2O6/c1-4-29-19(25)11-30-18-9-14(21)13(8-17(18)28-3)10-23-24-20(26)12-5-6-15(22)16(7-12)27-2/h5-10H,4,11H2,1-3H3,(H,24,26)/b23-10-. The number of halogens is 2. The fourth-order valence-corrected chi connectivity index (χ4v) is 3.27. The highest BCUT2D eigenvalue weighted by Gasteiger charge is 2.12. The van der Waals surface area contributed by atoms with E-state index in [-0.39, 0.29) is 19.1 Å². The third-order valence-electron chi connectivity index (χ3n) is 3.72. The van der Waals surface area contributed by atoms with Gasteiger partial charge in [0.05, 0.1) is 30.6 Å². The van der Waals surface area contributed by atoms with Crippen LogP contribution < -0.4 is 19.6 Å². The quantitative estimate of drug-likeness (QED) is 0.207. The van der Waals surface area contributed by atoms with Crippen LogP contribution in [-0.4, -0.2) is 45.5 Å². The van der Waals surface area contributed by atoms with Crippen molar-refractivity contribution in [2.75, 3.05) is 27.4 Å². The van der Waals surface area contributed by atoms with Crippen LogP contribution in [0.25, 0.3) is 0 Å². The maximum Gasteiger partial charge on any atom is 0.344 e. The highest BCUT2D eigenvalue weighted by Crippen LogP contribution is 2.33. The molecule has 0 unspecified atom stereocenters. The van der Waals surface area contributed by atoms with Gasteiger partial charge in [-0.25, -0.2) is 10.2 Å². The molecule has 0 fully saturated rings. The number of nitrogens with one attached hydrogen (secondary N) is 1. The number of methoxy groups -OCH3 is 2. The molecule has 0 heterocycles. The van der Waals surface area contributed by atoms with Gasteiger partial charge in [-0.15, -0.1) is 0 Å². The molecule has 30 heavy (non-hydrogen) atoms. The molecule has 10 heteroatoms. The second-order valence-corrected chi connectivity index (χ2v) is 7.68. The Bertz CT molecular complexity index is 951. The van der Waals surface area contributed by atoms with E-state index in [2.05, 4.69) is 49.0 Å². The molecule has 0 aliphatic carbocycles. The van der Waals surface area contributed by atoms with Crippen molar-refractivity contribution in [1.82, 2.24) is 5.43 Å². The molecule has 0 radical (unpaired) electrons. The number of amides is 1. The zero-order valence-electron chi connectivity index (χ0n) is 16.5. The summed E-state index contributed by atoms with van der Waals surface area (Å²) < 4.78 is 22.4. The van der Waals surface area contributed by atoms with E-state index in [1.165, 1.54) is 13.3 Å². The molecule has 160 valence electrons. The first-order valence-electron chi connectivity index (χ1n) is 8.72. The molecule has 0 saturated carbocycles. The predicted molar refractivity (Wildman–Crippen MR) is 124 cm³/mol. The van der Waals surface area contributed by atoms with E-state index >= 15 is 0 Å². The summed E-state index contributed by atoms with van der Waals surface area (Å²) in [5.74, 6) is 0.523.